The Balaban J connectivity index is 2.03. The van der Waals surface area contributed by atoms with Crippen molar-refractivity contribution < 1.29 is 9.15 Å². The van der Waals surface area contributed by atoms with Crippen LogP contribution in [-0.4, -0.2) is 42.5 Å². The van der Waals surface area contributed by atoms with Crippen molar-refractivity contribution in [3.05, 3.63) is 41.1 Å². The molecule has 0 saturated heterocycles. The molecule has 0 radical (unpaired) electrons. The molecule has 0 spiro atoms. The van der Waals surface area contributed by atoms with Crippen LogP contribution in [0.3, 0.4) is 0 Å². The van der Waals surface area contributed by atoms with E-state index in [0.29, 0.717) is 19.7 Å². The first kappa shape index (κ1) is 20.0. The minimum absolute atomic E-state index is 0.614. The van der Waals surface area contributed by atoms with E-state index in [9.17, 15) is 0 Å². The minimum Gasteiger partial charge on any atom is -0.469 e. The Labute approximate surface area is 155 Å². The van der Waals surface area contributed by atoms with Gasteiger partial charge in [-0.2, -0.15) is 5.10 Å². The molecular formula is C19H31N5O2. The lowest BCUT2D eigenvalue weighted by Crippen LogP contribution is -2.40. The zero-order valence-corrected chi connectivity index (χ0v) is 16.3. The lowest BCUT2D eigenvalue weighted by Gasteiger charge is -2.12. The molecular weight excluding hydrogens is 330 g/mol. The van der Waals surface area contributed by atoms with Gasteiger partial charge in [-0.1, -0.05) is 13.8 Å². The summed E-state index contributed by atoms with van der Waals surface area (Å²) in [5.74, 6) is 1.74. The first-order chi connectivity index (χ1) is 12.7. The van der Waals surface area contributed by atoms with Crippen LogP contribution in [0.5, 0.6) is 0 Å². The second kappa shape index (κ2) is 10.7. The maximum atomic E-state index is 5.38. The lowest BCUT2D eigenvalue weighted by molar-refractivity contribution is 0.203. The molecule has 0 bridgehead atoms. The van der Waals surface area contributed by atoms with E-state index in [1.54, 1.807) is 13.4 Å². The molecule has 26 heavy (non-hydrogen) atoms. The lowest BCUT2D eigenvalue weighted by atomic mass is 10.1. The standard InChI is InChI=1S/C19H31N5O2/c1-5-17-16(18(6-2)24(3)23-17)14-22-19(21-11-13-25-4)20-10-9-15-8-7-12-26-15/h7-8,12H,5-6,9-11,13-14H2,1-4H3,(H2,20,21,22). The SMILES string of the molecule is CCc1nn(C)c(CC)c1CN=C(NCCOC)NCCc1ccco1. The number of guanidine groups is 1. The van der Waals surface area contributed by atoms with Gasteiger partial charge >= 0.3 is 0 Å². The van der Waals surface area contributed by atoms with Crippen LogP contribution in [-0.2, 0) is 37.6 Å². The third-order valence-corrected chi connectivity index (χ3v) is 4.27. The molecule has 0 saturated carbocycles. The van der Waals surface area contributed by atoms with Crippen LogP contribution >= 0.6 is 0 Å². The predicted octanol–water partition coefficient (Wildman–Crippen LogP) is 2.06. The van der Waals surface area contributed by atoms with Crippen LogP contribution < -0.4 is 10.6 Å². The topological polar surface area (TPSA) is 76.6 Å². The van der Waals surface area contributed by atoms with E-state index in [-0.39, 0.29) is 0 Å². The minimum atomic E-state index is 0.614. The number of hydrogen-bond acceptors (Lipinski definition) is 4. The Morgan fingerprint density at radius 2 is 2.08 bits per heavy atom. The predicted molar refractivity (Wildman–Crippen MR) is 103 cm³/mol. The first-order valence-corrected chi connectivity index (χ1v) is 9.26. The summed E-state index contributed by atoms with van der Waals surface area (Å²) >= 11 is 0. The van der Waals surface area contributed by atoms with Gasteiger partial charge in [0.1, 0.15) is 5.76 Å². The van der Waals surface area contributed by atoms with Crippen LogP contribution in [0.1, 0.15) is 36.6 Å². The second-order valence-electron chi connectivity index (χ2n) is 6.04. The molecule has 7 heteroatoms. The fourth-order valence-electron chi connectivity index (χ4n) is 2.94. The fourth-order valence-corrected chi connectivity index (χ4v) is 2.94. The van der Waals surface area contributed by atoms with Crippen molar-refractivity contribution in [2.24, 2.45) is 12.0 Å². The highest BCUT2D eigenvalue weighted by atomic mass is 16.5. The number of aromatic nitrogens is 2. The zero-order valence-electron chi connectivity index (χ0n) is 16.3. The largest absolute Gasteiger partial charge is 0.469 e. The van der Waals surface area contributed by atoms with Gasteiger partial charge in [0.15, 0.2) is 5.96 Å². The molecule has 2 aromatic rings. The molecule has 2 rings (SSSR count). The maximum absolute atomic E-state index is 5.38. The highest BCUT2D eigenvalue weighted by Crippen LogP contribution is 2.16. The van der Waals surface area contributed by atoms with Gasteiger partial charge in [-0.3, -0.25) is 4.68 Å². The third kappa shape index (κ3) is 5.62. The highest BCUT2D eigenvalue weighted by Gasteiger charge is 2.13. The van der Waals surface area contributed by atoms with E-state index < -0.39 is 0 Å². The van der Waals surface area contributed by atoms with Crippen LogP contribution in [0.2, 0.25) is 0 Å². The summed E-state index contributed by atoms with van der Waals surface area (Å²) in [6.07, 6.45) is 4.37. The van der Waals surface area contributed by atoms with Crippen LogP contribution in [0, 0.1) is 0 Å². The molecule has 0 aliphatic rings. The Morgan fingerprint density at radius 3 is 2.73 bits per heavy atom. The van der Waals surface area contributed by atoms with Gasteiger partial charge in [0.05, 0.1) is 25.1 Å². The molecule has 7 nitrogen and oxygen atoms in total. The number of aryl methyl sites for hydroxylation is 2. The smallest absolute Gasteiger partial charge is 0.191 e. The van der Waals surface area contributed by atoms with Crippen LogP contribution in [0.15, 0.2) is 27.8 Å². The van der Waals surface area contributed by atoms with Crippen molar-refractivity contribution in [2.75, 3.05) is 26.8 Å². The van der Waals surface area contributed by atoms with Crippen LogP contribution in [0.4, 0.5) is 0 Å². The first-order valence-electron chi connectivity index (χ1n) is 9.26. The van der Waals surface area contributed by atoms with Gasteiger partial charge in [-0.15, -0.1) is 0 Å². The van der Waals surface area contributed by atoms with Crippen molar-refractivity contribution in [1.82, 2.24) is 20.4 Å². The van der Waals surface area contributed by atoms with Crippen molar-refractivity contribution in [3.63, 3.8) is 0 Å². The summed E-state index contributed by atoms with van der Waals surface area (Å²) in [5, 5.41) is 11.3. The van der Waals surface area contributed by atoms with E-state index >= 15 is 0 Å². The maximum Gasteiger partial charge on any atom is 0.191 e. The molecule has 0 atom stereocenters. The Bertz CT molecular complexity index is 676. The summed E-state index contributed by atoms with van der Waals surface area (Å²) in [6, 6.07) is 3.88. The fraction of sp³-hybridized carbons (Fsp3) is 0.579. The van der Waals surface area contributed by atoms with Crippen molar-refractivity contribution >= 4 is 5.96 Å². The number of rotatable bonds is 10. The van der Waals surface area contributed by atoms with E-state index in [2.05, 4.69) is 29.6 Å². The summed E-state index contributed by atoms with van der Waals surface area (Å²) in [7, 11) is 3.70. The molecule has 2 heterocycles. The number of furan rings is 1. The molecule has 144 valence electrons. The van der Waals surface area contributed by atoms with E-state index in [1.807, 2.05) is 23.9 Å². The molecule has 0 amide bonds. The number of aliphatic imine (C=N–C) groups is 1. The average molecular weight is 361 g/mol. The highest BCUT2D eigenvalue weighted by molar-refractivity contribution is 5.79. The quantitative estimate of drug-likeness (QED) is 0.385. The van der Waals surface area contributed by atoms with Crippen molar-refractivity contribution in [2.45, 2.75) is 39.7 Å². The monoisotopic (exact) mass is 361 g/mol. The molecule has 0 aliphatic carbocycles. The summed E-state index contributed by atoms with van der Waals surface area (Å²) in [4.78, 5) is 4.77. The van der Waals surface area contributed by atoms with E-state index in [4.69, 9.17) is 14.1 Å². The van der Waals surface area contributed by atoms with Crippen molar-refractivity contribution in [3.8, 4) is 0 Å². The number of ether oxygens (including phenoxy) is 1. The summed E-state index contributed by atoms with van der Waals surface area (Å²) in [5.41, 5.74) is 3.61. The van der Waals surface area contributed by atoms with Crippen LogP contribution in [0.25, 0.3) is 0 Å². The number of nitrogens with zero attached hydrogens (tertiary/aromatic N) is 3. The number of nitrogens with one attached hydrogen (secondary N) is 2. The molecule has 0 unspecified atom stereocenters. The van der Waals surface area contributed by atoms with Gasteiger partial charge in [0.2, 0.25) is 0 Å². The Hall–Kier alpha value is -2.28. The van der Waals surface area contributed by atoms with E-state index in [1.165, 1.54) is 11.3 Å². The Kier molecular flexibility index (Phi) is 8.21. The average Bonchev–Trinajstić information content (AvgIpc) is 3.26. The summed E-state index contributed by atoms with van der Waals surface area (Å²) in [6.45, 7) is 6.99. The van der Waals surface area contributed by atoms with Gasteiger partial charge in [-0.05, 0) is 25.0 Å². The van der Waals surface area contributed by atoms with E-state index in [0.717, 1.165) is 43.2 Å². The third-order valence-electron chi connectivity index (χ3n) is 4.27. The van der Waals surface area contributed by atoms with Crippen molar-refractivity contribution in [1.29, 1.82) is 0 Å². The molecule has 0 aromatic carbocycles. The number of methoxy groups -OCH3 is 1. The summed E-state index contributed by atoms with van der Waals surface area (Å²) < 4.78 is 12.5. The molecule has 0 aliphatic heterocycles. The van der Waals surface area contributed by atoms with Gasteiger partial charge < -0.3 is 19.8 Å². The second-order valence-corrected chi connectivity index (χ2v) is 6.04. The van der Waals surface area contributed by atoms with Gasteiger partial charge in [-0.25, -0.2) is 4.99 Å². The Morgan fingerprint density at radius 1 is 1.27 bits per heavy atom. The molecule has 2 aromatic heterocycles. The number of hydrogen-bond donors (Lipinski definition) is 2. The van der Waals surface area contributed by atoms with Gasteiger partial charge in [0, 0.05) is 44.9 Å². The molecule has 0 fully saturated rings. The van der Waals surface area contributed by atoms with Gasteiger partial charge in [0.25, 0.3) is 0 Å². The zero-order chi connectivity index (χ0) is 18.8. The normalized spacial score (nSPS) is 11.8. The molecule has 2 N–H and O–H groups in total.